The minimum atomic E-state index is -0.585. The standard InChI is InChI=1S/C19H16ClFN2O3/c1-2-3-8-23-18(25)13-6-4-11(9-14(13)19(23)26)17(24)22-12-5-7-16(21)15(20)10-12/h4-7,9-10H,2-3,8H2,1H3,(H,22,24). The predicted octanol–water partition coefficient (Wildman–Crippen LogP) is 4.13. The van der Waals surface area contributed by atoms with Crippen molar-refractivity contribution in [2.75, 3.05) is 11.9 Å². The second kappa shape index (κ2) is 7.25. The lowest BCUT2D eigenvalue weighted by molar-refractivity contribution is 0.0652. The van der Waals surface area contributed by atoms with Crippen molar-refractivity contribution in [3.8, 4) is 0 Å². The van der Waals surface area contributed by atoms with Gasteiger partial charge in [0.15, 0.2) is 0 Å². The van der Waals surface area contributed by atoms with Gasteiger partial charge < -0.3 is 5.32 Å². The average molecular weight is 375 g/mol. The summed E-state index contributed by atoms with van der Waals surface area (Å²) in [5.74, 6) is -1.80. The molecule has 0 fully saturated rings. The number of hydrogen-bond acceptors (Lipinski definition) is 3. The summed E-state index contributed by atoms with van der Waals surface area (Å²) in [4.78, 5) is 38.3. The van der Waals surface area contributed by atoms with E-state index in [-0.39, 0.29) is 22.1 Å². The zero-order valence-electron chi connectivity index (χ0n) is 14.0. The fraction of sp³-hybridized carbons (Fsp3) is 0.211. The number of imide groups is 1. The number of carbonyl (C=O) groups is 3. The van der Waals surface area contributed by atoms with Crippen LogP contribution in [0.1, 0.15) is 50.8 Å². The van der Waals surface area contributed by atoms with Gasteiger partial charge in [0.25, 0.3) is 17.7 Å². The van der Waals surface area contributed by atoms with Gasteiger partial charge in [0.05, 0.1) is 16.1 Å². The van der Waals surface area contributed by atoms with Crippen molar-refractivity contribution < 1.29 is 18.8 Å². The minimum absolute atomic E-state index is 0.107. The first kappa shape index (κ1) is 18.1. The lowest BCUT2D eigenvalue weighted by Crippen LogP contribution is -2.30. The fourth-order valence-electron chi connectivity index (χ4n) is 2.73. The highest BCUT2D eigenvalue weighted by Crippen LogP contribution is 2.25. The molecular formula is C19H16ClFN2O3. The molecule has 0 atom stereocenters. The number of benzene rings is 2. The number of halogens is 2. The van der Waals surface area contributed by atoms with Crippen LogP contribution < -0.4 is 5.32 Å². The number of amides is 3. The van der Waals surface area contributed by atoms with Crippen LogP contribution in [0.2, 0.25) is 5.02 Å². The number of rotatable bonds is 5. The van der Waals surface area contributed by atoms with Crippen LogP contribution in [0.25, 0.3) is 0 Å². The van der Waals surface area contributed by atoms with Crippen molar-refractivity contribution >= 4 is 35.0 Å². The maximum absolute atomic E-state index is 13.2. The molecule has 134 valence electrons. The molecule has 3 rings (SSSR count). The molecule has 0 saturated heterocycles. The number of nitrogens with one attached hydrogen (secondary N) is 1. The zero-order chi connectivity index (χ0) is 18.8. The molecular weight excluding hydrogens is 359 g/mol. The van der Waals surface area contributed by atoms with Crippen molar-refractivity contribution in [3.05, 3.63) is 63.9 Å². The van der Waals surface area contributed by atoms with Gasteiger partial charge in [-0.2, -0.15) is 0 Å². The number of nitrogens with zero attached hydrogens (tertiary/aromatic N) is 1. The predicted molar refractivity (Wildman–Crippen MR) is 96.1 cm³/mol. The minimum Gasteiger partial charge on any atom is -0.322 e. The van der Waals surface area contributed by atoms with Gasteiger partial charge >= 0.3 is 0 Å². The Morgan fingerprint density at radius 2 is 1.85 bits per heavy atom. The molecule has 1 aliphatic rings. The van der Waals surface area contributed by atoms with Crippen LogP contribution in [-0.4, -0.2) is 29.2 Å². The first-order valence-corrected chi connectivity index (χ1v) is 8.56. The van der Waals surface area contributed by atoms with Gasteiger partial charge in [-0.05, 0) is 42.8 Å². The molecule has 1 aliphatic heterocycles. The summed E-state index contributed by atoms with van der Waals surface area (Å²) < 4.78 is 13.2. The Labute approximate surface area is 154 Å². The van der Waals surface area contributed by atoms with E-state index in [0.29, 0.717) is 17.8 Å². The number of anilines is 1. The van der Waals surface area contributed by atoms with E-state index in [2.05, 4.69) is 5.32 Å². The first-order chi connectivity index (χ1) is 12.4. The highest BCUT2D eigenvalue weighted by atomic mass is 35.5. The van der Waals surface area contributed by atoms with Crippen LogP contribution >= 0.6 is 11.6 Å². The molecule has 2 aromatic carbocycles. The molecule has 0 aliphatic carbocycles. The van der Waals surface area contributed by atoms with E-state index in [0.717, 1.165) is 18.9 Å². The summed E-state index contributed by atoms with van der Waals surface area (Å²) in [6, 6.07) is 8.19. The van der Waals surface area contributed by atoms with E-state index in [1.165, 1.54) is 35.2 Å². The summed E-state index contributed by atoms with van der Waals surface area (Å²) in [6.07, 6.45) is 1.59. The van der Waals surface area contributed by atoms with Gasteiger partial charge in [-0.1, -0.05) is 24.9 Å². The Morgan fingerprint density at radius 3 is 2.54 bits per heavy atom. The molecule has 0 bridgehead atoms. The average Bonchev–Trinajstić information content (AvgIpc) is 2.86. The quantitative estimate of drug-likeness (QED) is 0.800. The van der Waals surface area contributed by atoms with E-state index in [9.17, 15) is 18.8 Å². The normalized spacial score (nSPS) is 13.1. The molecule has 0 aromatic heterocycles. The third-order valence-corrected chi connectivity index (χ3v) is 4.44. The first-order valence-electron chi connectivity index (χ1n) is 8.19. The number of carbonyl (C=O) groups excluding carboxylic acids is 3. The Balaban J connectivity index is 1.82. The van der Waals surface area contributed by atoms with Gasteiger partial charge in [0.2, 0.25) is 0 Å². The Hall–Kier alpha value is -2.73. The zero-order valence-corrected chi connectivity index (χ0v) is 14.8. The fourth-order valence-corrected chi connectivity index (χ4v) is 2.91. The summed E-state index contributed by atoms with van der Waals surface area (Å²) >= 11 is 5.70. The highest BCUT2D eigenvalue weighted by Gasteiger charge is 2.35. The van der Waals surface area contributed by atoms with E-state index >= 15 is 0 Å². The van der Waals surface area contributed by atoms with Crippen molar-refractivity contribution in [3.63, 3.8) is 0 Å². The van der Waals surface area contributed by atoms with Crippen LogP contribution in [0, 0.1) is 5.82 Å². The molecule has 0 saturated carbocycles. The summed E-state index contributed by atoms with van der Waals surface area (Å²) in [6.45, 7) is 2.33. The largest absolute Gasteiger partial charge is 0.322 e. The third kappa shape index (κ3) is 3.32. The number of unbranched alkanes of at least 4 members (excludes halogenated alkanes) is 1. The van der Waals surface area contributed by atoms with Gasteiger partial charge in [0.1, 0.15) is 5.82 Å². The second-order valence-corrected chi connectivity index (χ2v) is 6.37. The Morgan fingerprint density at radius 1 is 1.12 bits per heavy atom. The molecule has 2 aromatic rings. The molecule has 3 amide bonds. The molecule has 0 radical (unpaired) electrons. The summed E-state index contributed by atoms with van der Waals surface area (Å²) in [5.41, 5.74) is 1.07. The Bertz CT molecular complexity index is 914. The summed E-state index contributed by atoms with van der Waals surface area (Å²) in [7, 11) is 0. The highest BCUT2D eigenvalue weighted by molar-refractivity contribution is 6.31. The smallest absolute Gasteiger partial charge is 0.261 e. The van der Waals surface area contributed by atoms with Crippen molar-refractivity contribution in [2.45, 2.75) is 19.8 Å². The molecule has 26 heavy (non-hydrogen) atoms. The van der Waals surface area contributed by atoms with Crippen molar-refractivity contribution in [1.29, 1.82) is 0 Å². The third-order valence-electron chi connectivity index (χ3n) is 4.15. The lowest BCUT2D eigenvalue weighted by atomic mass is 10.1. The van der Waals surface area contributed by atoms with E-state index in [1.807, 2.05) is 6.92 Å². The maximum atomic E-state index is 13.2. The van der Waals surface area contributed by atoms with Crippen LogP contribution in [0.4, 0.5) is 10.1 Å². The molecule has 5 nitrogen and oxygen atoms in total. The lowest BCUT2D eigenvalue weighted by Gasteiger charge is -2.12. The van der Waals surface area contributed by atoms with Crippen molar-refractivity contribution in [1.82, 2.24) is 4.90 Å². The molecule has 1 N–H and O–H groups in total. The number of fused-ring (bicyclic) bond motifs is 1. The Kier molecular flexibility index (Phi) is 5.04. The van der Waals surface area contributed by atoms with Crippen LogP contribution in [-0.2, 0) is 0 Å². The number of hydrogen-bond donors (Lipinski definition) is 1. The second-order valence-electron chi connectivity index (χ2n) is 5.96. The topological polar surface area (TPSA) is 66.5 Å². The van der Waals surface area contributed by atoms with Crippen LogP contribution in [0.3, 0.4) is 0 Å². The van der Waals surface area contributed by atoms with E-state index < -0.39 is 17.6 Å². The molecule has 1 heterocycles. The molecule has 0 spiro atoms. The van der Waals surface area contributed by atoms with Crippen LogP contribution in [0.5, 0.6) is 0 Å². The van der Waals surface area contributed by atoms with Crippen LogP contribution in [0.15, 0.2) is 36.4 Å². The molecule has 7 heteroatoms. The molecule has 0 unspecified atom stereocenters. The van der Waals surface area contributed by atoms with E-state index in [1.54, 1.807) is 0 Å². The van der Waals surface area contributed by atoms with Gasteiger partial charge in [0, 0.05) is 17.8 Å². The summed E-state index contributed by atoms with van der Waals surface area (Å²) in [5, 5.41) is 2.48. The SMILES string of the molecule is CCCCN1C(=O)c2ccc(C(=O)Nc3ccc(F)c(Cl)c3)cc2C1=O. The maximum Gasteiger partial charge on any atom is 0.261 e. The van der Waals surface area contributed by atoms with Gasteiger partial charge in [-0.3, -0.25) is 19.3 Å². The van der Waals surface area contributed by atoms with Crippen molar-refractivity contribution in [2.24, 2.45) is 0 Å². The monoisotopic (exact) mass is 374 g/mol. The van der Waals surface area contributed by atoms with Gasteiger partial charge in [-0.25, -0.2) is 4.39 Å². The van der Waals surface area contributed by atoms with Gasteiger partial charge in [-0.15, -0.1) is 0 Å². The van der Waals surface area contributed by atoms with E-state index in [4.69, 9.17) is 11.6 Å².